The Labute approximate surface area is 174 Å². The Morgan fingerprint density at radius 1 is 0.862 bits per heavy atom. The zero-order valence-corrected chi connectivity index (χ0v) is 19.2. The van der Waals surface area contributed by atoms with Gasteiger partial charge < -0.3 is 32.2 Å². The van der Waals surface area contributed by atoms with Crippen LogP contribution in [0.3, 0.4) is 0 Å². The molecule has 0 bridgehead atoms. The molecule has 0 radical (unpaired) electrons. The smallest absolute Gasteiger partial charge is 0.460 e. The molecule has 0 aromatic carbocycles. The molecule has 0 rings (SSSR count). The van der Waals surface area contributed by atoms with Gasteiger partial charge in [0, 0.05) is 39.5 Å². The van der Waals surface area contributed by atoms with E-state index < -0.39 is 20.7 Å². The van der Waals surface area contributed by atoms with Crippen LogP contribution in [0.4, 0.5) is 0 Å². The van der Waals surface area contributed by atoms with E-state index in [1.54, 1.807) is 19.9 Å². The highest BCUT2D eigenvalue weighted by molar-refractivity contribution is 6.61. The van der Waals surface area contributed by atoms with E-state index in [1.165, 1.54) is 27.4 Å². The van der Waals surface area contributed by atoms with Crippen molar-refractivity contribution in [3.63, 3.8) is 0 Å². The van der Waals surface area contributed by atoms with Crippen molar-refractivity contribution in [2.24, 2.45) is 0 Å². The highest BCUT2D eigenvalue weighted by atomic mass is 28.4. The first-order valence-electron chi connectivity index (χ1n) is 9.26. The minimum atomic E-state index is -2.75. The molecule has 0 aliphatic heterocycles. The van der Waals surface area contributed by atoms with Gasteiger partial charge >= 0.3 is 20.7 Å². The summed E-state index contributed by atoms with van der Waals surface area (Å²) in [7, 11) is 1.76. The molecule has 0 spiro atoms. The molecule has 168 valence electrons. The molecule has 9 nitrogen and oxygen atoms in total. The summed E-state index contributed by atoms with van der Waals surface area (Å²) in [6, 6.07) is 0.354. The Balaban J connectivity index is 4.06. The fourth-order valence-corrected chi connectivity index (χ4v) is 3.43. The molecule has 0 fully saturated rings. The van der Waals surface area contributed by atoms with Gasteiger partial charge in [-0.3, -0.25) is 0 Å². The molecule has 10 heteroatoms. The number of hydrogen-bond donors (Lipinski definition) is 0. The van der Waals surface area contributed by atoms with E-state index in [0.29, 0.717) is 12.7 Å². The molecule has 29 heavy (non-hydrogen) atoms. The summed E-state index contributed by atoms with van der Waals surface area (Å²) in [5.41, 5.74) is 0. The summed E-state index contributed by atoms with van der Waals surface area (Å²) in [5.74, 6) is -0.983. The van der Waals surface area contributed by atoms with Crippen LogP contribution in [0.15, 0.2) is 24.8 Å². The number of rotatable bonds is 16. The van der Waals surface area contributed by atoms with Crippen molar-refractivity contribution in [2.75, 3.05) is 41.2 Å². The third-order valence-corrected chi connectivity index (χ3v) is 6.33. The van der Waals surface area contributed by atoms with Crippen LogP contribution < -0.4 is 0 Å². The summed E-state index contributed by atoms with van der Waals surface area (Å²) < 4.78 is 37.1. The fraction of sp³-hybridized carbons (Fsp3) is 0.684. The molecule has 0 heterocycles. The molecule has 0 aromatic rings. The summed E-state index contributed by atoms with van der Waals surface area (Å²) in [6.07, 6.45) is 3.11. The quantitative estimate of drug-likeness (QED) is 0.205. The lowest BCUT2D eigenvalue weighted by molar-refractivity contribution is -0.148. The van der Waals surface area contributed by atoms with E-state index >= 15 is 0 Å². The van der Waals surface area contributed by atoms with E-state index in [0.717, 1.165) is 6.08 Å². The van der Waals surface area contributed by atoms with E-state index in [-0.39, 0.29) is 31.5 Å². The minimum Gasteiger partial charge on any atom is -0.460 e. The maximum absolute atomic E-state index is 11.8. The van der Waals surface area contributed by atoms with Gasteiger partial charge in [0.25, 0.3) is 0 Å². The van der Waals surface area contributed by atoms with Crippen LogP contribution in [0.5, 0.6) is 0 Å². The average Bonchev–Trinajstić information content (AvgIpc) is 2.72. The van der Waals surface area contributed by atoms with Gasteiger partial charge in [0.1, 0.15) is 12.7 Å². The van der Waals surface area contributed by atoms with Crippen LogP contribution >= 0.6 is 0 Å². The molecule has 3 unspecified atom stereocenters. The zero-order valence-electron chi connectivity index (χ0n) is 18.2. The minimum absolute atomic E-state index is 0.102. The van der Waals surface area contributed by atoms with Crippen LogP contribution in [0.2, 0.25) is 6.04 Å². The van der Waals surface area contributed by atoms with Gasteiger partial charge in [0.15, 0.2) is 0 Å². The maximum Gasteiger partial charge on any atom is 0.504 e. The summed E-state index contributed by atoms with van der Waals surface area (Å²) >= 11 is 0. The van der Waals surface area contributed by atoms with Crippen molar-refractivity contribution >= 4 is 20.7 Å². The summed E-state index contributed by atoms with van der Waals surface area (Å²) in [5, 5.41) is 0. The van der Waals surface area contributed by atoms with Crippen molar-refractivity contribution in [1.29, 1.82) is 0 Å². The van der Waals surface area contributed by atoms with Crippen LogP contribution in [-0.4, -0.2) is 80.2 Å². The molecule has 0 aliphatic carbocycles. The second kappa shape index (κ2) is 15.3. The number of ether oxygens (including phenoxy) is 4. The molecule has 0 N–H and O–H groups in total. The van der Waals surface area contributed by atoms with Gasteiger partial charge in [-0.15, -0.1) is 0 Å². The summed E-state index contributed by atoms with van der Waals surface area (Å²) in [4.78, 5) is 22.9. The first-order chi connectivity index (χ1) is 13.7. The van der Waals surface area contributed by atoms with Crippen LogP contribution in [0.1, 0.15) is 20.8 Å². The van der Waals surface area contributed by atoms with Gasteiger partial charge in [0.05, 0.1) is 25.4 Å². The van der Waals surface area contributed by atoms with Gasteiger partial charge in [-0.1, -0.05) is 12.7 Å². The molecule has 0 saturated heterocycles. The lowest BCUT2D eigenvalue weighted by atomic mass is 10.4. The Kier molecular flexibility index (Phi) is 14.5. The molecule has 0 amide bonds. The van der Waals surface area contributed by atoms with Crippen LogP contribution in [0.25, 0.3) is 0 Å². The first-order valence-corrected chi connectivity index (χ1v) is 11.2. The standard InChI is InChI=1S/C19H34O9Si/c1-8-18(20)28-17(4)14-26-15(2)12-25-16(3)13-27-19(21)10-9-11-29(22-5,23-6)24-7/h8-10,15-17H,1,11-14H2,2-7H3/b10-9+. The van der Waals surface area contributed by atoms with E-state index in [1.807, 2.05) is 6.92 Å². The fourth-order valence-electron chi connectivity index (χ4n) is 2.02. The van der Waals surface area contributed by atoms with Gasteiger partial charge in [-0.25, -0.2) is 9.59 Å². The predicted octanol–water partition coefficient (Wildman–Crippen LogP) is 1.89. The average molecular weight is 435 g/mol. The normalized spacial score (nSPS) is 15.0. The predicted molar refractivity (Wildman–Crippen MR) is 108 cm³/mol. The lowest BCUT2D eigenvalue weighted by Crippen LogP contribution is -2.42. The van der Waals surface area contributed by atoms with Crippen molar-refractivity contribution in [3.05, 3.63) is 24.8 Å². The monoisotopic (exact) mass is 434 g/mol. The second-order valence-electron chi connectivity index (χ2n) is 6.27. The van der Waals surface area contributed by atoms with Gasteiger partial charge in [0.2, 0.25) is 0 Å². The Morgan fingerprint density at radius 3 is 1.90 bits per heavy atom. The number of allylic oxidation sites excluding steroid dienone is 1. The second-order valence-corrected chi connectivity index (χ2v) is 9.27. The van der Waals surface area contributed by atoms with Crippen LogP contribution in [-0.2, 0) is 41.8 Å². The number of carbonyl (C=O) groups is 2. The molecule has 0 aliphatic rings. The highest BCUT2D eigenvalue weighted by Crippen LogP contribution is 2.13. The highest BCUT2D eigenvalue weighted by Gasteiger charge is 2.36. The van der Waals surface area contributed by atoms with Crippen LogP contribution in [0, 0.1) is 0 Å². The molecular weight excluding hydrogens is 400 g/mol. The lowest BCUT2D eigenvalue weighted by Gasteiger charge is -2.22. The third-order valence-electron chi connectivity index (χ3n) is 3.73. The van der Waals surface area contributed by atoms with Crippen molar-refractivity contribution in [1.82, 2.24) is 0 Å². The van der Waals surface area contributed by atoms with Gasteiger partial charge in [-0.2, -0.15) is 0 Å². The largest absolute Gasteiger partial charge is 0.504 e. The maximum atomic E-state index is 11.8. The first kappa shape index (κ1) is 27.4. The Hall–Kier alpha value is -1.56. The van der Waals surface area contributed by atoms with Crippen molar-refractivity contribution < 1.29 is 41.8 Å². The third kappa shape index (κ3) is 12.6. The molecule has 0 saturated carbocycles. The van der Waals surface area contributed by atoms with E-state index in [4.69, 9.17) is 32.2 Å². The molecule has 3 atom stereocenters. The van der Waals surface area contributed by atoms with Crippen molar-refractivity contribution in [2.45, 2.75) is 45.1 Å². The SMILES string of the molecule is C=CC(=O)OC(C)COC(C)COC(C)COC(=O)/C=C/C[Si](OC)(OC)OC. The zero-order chi connectivity index (χ0) is 22.3. The summed E-state index contributed by atoms with van der Waals surface area (Å²) in [6.45, 7) is 9.34. The number of hydrogen-bond acceptors (Lipinski definition) is 9. The van der Waals surface area contributed by atoms with E-state index in [9.17, 15) is 9.59 Å². The number of carbonyl (C=O) groups excluding carboxylic acids is 2. The Bertz CT molecular complexity index is 512. The molecule has 0 aromatic heterocycles. The van der Waals surface area contributed by atoms with E-state index in [2.05, 4.69) is 6.58 Å². The topological polar surface area (TPSA) is 98.8 Å². The number of esters is 2. The van der Waals surface area contributed by atoms with Gasteiger partial charge in [-0.05, 0) is 20.8 Å². The Morgan fingerprint density at radius 2 is 1.38 bits per heavy atom. The molecular formula is C19H34O9Si. The van der Waals surface area contributed by atoms with Crippen molar-refractivity contribution in [3.8, 4) is 0 Å².